The number of ether oxygens (including phenoxy) is 1. The first-order chi connectivity index (χ1) is 19.1. The lowest BCUT2D eigenvalue weighted by Gasteiger charge is -2.40. The summed E-state index contributed by atoms with van der Waals surface area (Å²) in [6.45, 7) is 5.42. The molecule has 2 aliphatic heterocycles. The first-order valence-corrected chi connectivity index (χ1v) is 16.4. The highest BCUT2D eigenvalue weighted by molar-refractivity contribution is 7.90. The van der Waals surface area contributed by atoms with E-state index in [1.54, 1.807) is 25.1 Å². The summed E-state index contributed by atoms with van der Waals surface area (Å²) in [7, 11) is -3.87. The van der Waals surface area contributed by atoms with E-state index < -0.39 is 21.2 Å². The summed E-state index contributed by atoms with van der Waals surface area (Å²) in [5.74, 6) is 0.647. The van der Waals surface area contributed by atoms with E-state index in [9.17, 15) is 18.0 Å². The first-order valence-electron chi connectivity index (χ1n) is 14.5. The van der Waals surface area contributed by atoms with Gasteiger partial charge in [0.1, 0.15) is 18.1 Å². The molecule has 1 N–H and O–H groups in total. The summed E-state index contributed by atoms with van der Waals surface area (Å²) < 4.78 is 34.6. The van der Waals surface area contributed by atoms with Crippen LogP contribution in [0.1, 0.15) is 80.3 Å². The van der Waals surface area contributed by atoms with Crippen molar-refractivity contribution in [2.75, 3.05) is 18.0 Å². The quantitative estimate of drug-likeness (QED) is 0.412. The van der Waals surface area contributed by atoms with Crippen LogP contribution in [0.2, 0.25) is 5.02 Å². The maximum Gasteiger partial charge on any atom is 0.264 e. The van der Waals surface area contributed by atoms with Crippen LogP contribution >= 0.6 is 11.6 Å². The van der Waals surface area contributed by atoms with Gasteiger partial charge < -0.3 is 9.64 Å². The number of nitrogens with one attached hydrogen (secondary N) is 1. The lowest BCUT2D eigenvalue weighted by Crippen LogP contribution is -2.43. The number of carbonyl (C=O) groups excluding carboxylic acids is 2. The second-order valence-electron chi connectivity index (χ2n) is 11.9. The Hall–Kier alpha value is -2.58. The predicted molar refractivity (Wildman–Crippen MR) is 157 cm³/mol. The molecule has 216 valence electrons. The Morgan fingerprint density at radius 2 is 1.80 bits per heavy atom. The van der Waals surface area contributed by atoms with Crippen LogP contribution in [-0.4, -0.2) is 38.4 Å². The van der Waals surface area contributed by atoms with Crippen LogP contribution in [0.4, 0.5) is 5.69 Å². The number of anilines is 1. The SMILES string of the molecule is C[C@@H]1CC[C@@H](C)S(=O)(=O)NC(=O)c2ccc3c(c2)N(CCCCc2cc(Cl)ccc2CO3)C[C@@H]2CC[C@H]2C(=O)C1. The molecule has 40 heavy (non-hydrogen) atoms. The number of amides is 1. The predicted octanol–water partition coefficient (Wildman–Crippen LogP) is 5.93. The maximum absolute atomic E-state index is 13.3. The Bertz CT molecular complexity index is 1380. The van der Waals surface area contributed by atoms with E-state index in [-0.39, 0.29) is 29.1 Å². The van der Waals surface area contributed by atoms with Crippen molar-refractivity contribution in [1.29, 1.82) is 0 Å². The van der Waals surface area contributed by atoms with Crippen LogP contribution in [0.5, 0.6) is 5.75 Å². The molecule has 2 aromatic rings. The topological polar surface area (TPSA) is 92.8 Å². The molecule has 5 rings (SSSR count). The van der Waals surface area contributed by atoms with Gasteiger partial charge in [0.2, 0.25) is 10.0 Å². The minimum atomic E-state index is -3.87. The standard InChI is InChI=1S/C31H39ClN2O5S/c1-20-6-7-21(2)40(37,38)33-31(36)23-10-13-30-28(17-23)34(18-24-9-12-27(24)29(35)15-20)14-4-3-5-22-16-26(32)11-8-25(22)19-39-30/h8,10-11,13,16-17,20-21,24,27H,3-7,9,12,14-15,18-19H2,1-2H3,(H,33,36)/t20-,21-,24+,27-/m1/s1. The van der Waals surface area contributed by atoms with Crippen molar-refractivity contribution >= 4 is 39.0 Å². The fraction of sp³-hybridized carbons (Fsp3) is 0.548. The van der Waals surface area contributed by atoms with Gasteiger partial charge in [-0.2, -0.15) is 0 Å². The molecule has 0 radical (unpaired) electrons. The van der Waals surface area contributed by atoms with Gasteiger partial charge in [-0.25, -0.2) is 13.1 Å². The van der Waals surface area contributed by atoms with E-state index >= 15 is 0 Å². The Balaban J connectivity index is 1.53. The normalized spacial score (nSPS) is 27.6. The molecule has 0 aromatic heterocycles. The lowest BCUT2D eigenvalue weighted by molar-refractivity contribution is -0.128. The molecule has 1 fully saturated rings. The van der Waals surface area contributed by atoms with Gasteiger partial charge in [-0.05, 0) is 105 Å². The summed E-state index contributed by atoms with van der Waals surface area (Å²) in [6, 6.07) is 11.0. The van der Waals surface area contributed by atoms with Gasteiger partial charge >= 0.3 is 0 Å². The number of aryl methyl sites for hydroxylation is 1. The van der Waals surface area contributed by atoms with E-state index in [2.05, 4.69) is 9.62 Å². The van der Waals surface area contributed by atoms with E-state index in [0.29, 0.717) is 43.2 Å². The van der Waals surface area contributed by atoms with E-state index in [1.165, 1.54) is 5.56 Å². The van der Waals surface area contributed by atoms with Crippen LogP contribution in [0.25, 0.3) is 0 Å². The number of sulfonamides is 1. The van der Waals surface area contributed by atoms with Crippen LogP contribution in [0, 0.1) is 17.8 Å². The molecule has 3 aliphatic rings. The van der Waals surface area contributed by atoms with Gasteiger partial charge in [0.15, 0.2) is 0 Å². The summed E-state index contributed by atoms with van der Waals surface area (Å²) in [5.41, 5.74) is 3.27. The zero-order valence-corrected chi connectivity index (χ0v) is 24.9. The van der Waals surface area contributed by atoms with E-state index in [4.69, 9.17) is 16.3 Å². The smallest absolute Gasteiger partial charge is 0.264 e. The van der Waals surface area contributed by atoms with Crippen molar-refractivity contribution in [2.45, 2.75) is 77.1 Å². The van der Waals surface area contributed by atoms with Crippen LogP contribution in [0.15, 0.2) is 36.4 Å². The fourth-order valence-corrected chi connectivity index (χ4v) is 7.35. The molecular formula is C31H39ClN2O5S. The number of carbonyl (C=O) groups is 2. The molecule has 1 aliphatic carbocycles. The van der Waals surface area contributed by atoms with Gasteiger partial charge in [0.05, 0.1) is 10.9 Å². The number of nitrogens with zero attached hydrogens (tertiary/aromatic N) is 1. The van der Waals surface area contributed by atoms with Gasteiger partial charge in [-0.3, -0.25) is 9.59 Å². The number of halogens is 1. The molecule has 0 saturated heterocycles. The molecule has 2 aromatic carbocycles. The van der Waals surface area contributed by atoms with Crippen molar-refractivity contribution in [3.05, 3.63) is 58.1 Å². The Morgan fingerprint density at radius 1 is 0.975 bits per heavy atom. The average Bonchev–Trinajstić information content (AvgIpc) is 2.92. The molecule has 7 nitrogen and oxygen atoms in total. The molecule has 9 heteroatoms. The lowest BCUT2D eigenvalue weighted by atomic mass is 9.69. The Morgan fingerprint density at radius 3 is 2.58 bits per heavy atom. The molecule has 2 bridgehead atoms. The molecule has 0 spiro atoms. The average molecular weight is 587 g/mol. The third-order valence-electron chi connectivity index (χ3n) is 8.90. The van der Waals surface area contributed by atoms with Crippen molar-refractivity contribution < 1.29 is 22.7 Å². The van der Waals surface area contributed by atoms with Crippen LogP contribution in [0.3, 0.4) is 0 Å². The van der Waals surface area contributed by atoms with Crippen molar-refractivity contribution in [2.24, 2.45) is 17.8 Å². The van der Waals surface area contributed by atoms with Gasteiger partial charge in [-0.15, -0.1) is 0 Å². The first kappa shape index (κ1) is 28.9. The van der Waals surface area contributed by atoms with Gasteiger partial charge in [0, 0.05) is 36.0 Å². The number of hydrogen-bond acceptors (Lipinski definition) is 6. The molecule has 2 heterocycles. The summed E-state index contributed by atoms with van der Waals surface area (Å²) in [6.07, 6.45) is 6.13. The van der Waals surface area contributed by atoms with Crippen LogP contribution < -0.4 is 14.4 Å². The van der Waals surface area contributed by atoms with Crippen molar-refractivity contribution in [1.82, 2.24) is 4.72 Å². The number of Topliss-reactive ketones (excluding diaryl/α,β-unsaturated/α-hetero) is 1. The van der Waals surface area contributed by atoms with Gasteiger partial charge in [-0.1, -0.05) is 24.6 Å². The highest BCUT2D eigenvalue weighted by Crippen LogP contribution is 2.40. The molecule has 4 atom stereocenters. The highest BCUT2D eigenvalue weighted by atomic mass is 35.5. The number of benzene rings is 2. The monoisotopic (exact) mass is 586 g/mol. The highest BCUT2D eigenvalue weighted by Gasteiger charge is 2.38. The number of ketones is 1. The van der Waals surface area contributed by atoms with E-state index in [0.717, 1.165) is 49.9 Å². The Labute approximate surface area is 242 Å². The zero-order chi connectivity index (χ0) is 28.4. The fourth-order valence-electron chi connectivity index (χ4n) is 6.13. The maximum atomic E-state index is 13.3. The van der Waals surface area contributed by atoms with Gasteiger partial charge in [0.25, 0.3) is 5.91 Å². The van der Waals surface area contributed by atoms with E-state index in [1.807, 2.05) is 25.1 Å². The molecule has 0 unspecified atom stereocenters. The second-order valence-corrected chi connectivity index (χ2v) is 14.4. The summed E-state index contributed by atoms with van der Waals surface area (Å²) >= 11 is 6.29. The minimum absolute atomic E-state index is 0.0249. The summed E-state index contributed by atoms with van der Waals surface area (Å²) in [5, 5.41) is -0.0401. The van der Waals surface area contributed by atoms with Crippen molar-refractivity contribution in [3.63, 3.8) is 0 Å². The second kappa shape index (κ2) is 12.1. The number of fused-ring (bicyclic) bond motifs is 3. The molecule has 1 amide bonds. The van der Waals surface area contributed by atoms with Crippen LogP contribution in [-0.2, 0) is 27.8 Å². The third kappa shape index (κ3) is 6.49. The number of hydrogen-bond donors (Lipinski definition) is 1. The zero-order valence-electron chi connectivity index (χ0n) is 23.3. The molecule has 1 saturated carbocycles. The molecular weight excluding hydrogens is 548 g/mol. The summed E-state index contributed by atoms with van der Waals surface area (Å²) in [4.78, 5) is 28.7. The van der Waals surface area contributed by atoms with Crippen molar-refractivity contribution in [3.8, 4) is 5.75 Å². The minimum Gasteiger partial charge on any atom is -0.487 e. The third-order valence-corrected chi connectivity index (χ3v) is 10.9. The largest absolute Gasteiger partial charge is 0.487 e. The number of rotatable bonds is 0. The Kier molecular flexibility index (Phi) is 8.76.